The van der Waals surface area contributed by atoms with E-state index < -0.39 is 0 Å². The zero-order chi connectivity index (χ0) is 18.3. The van der Waals surface area contributed by atoms with Crippen molar-refractivity contribution in [2.45, 2.75) is 50.5 Å². The summed E-state index contributed by atoms with van der Waals surface area (Å²) < 4.78 is 0. The van der Waals surface area contributed by atoms with Crippen molar-refractivity contribution >= 4 is 11.8 Å². The number of aryl methyl sites for hydroxylation is 1. The van der Waals surface area contributed by atoms with Crippen LogP contribution in [0.1, 0.15) is 43.2 Å². The molecule has 2 N–H and O–H groups in total. The number of nitrogens with zero attached hydrogens (tertiary/aromatic N) is 2. The van der Waals surface area contributed by atoms with Gasteiger partial charge < -0.3 is 15.5 Å². The molecule has 0 spiro atoms. The summed E-state index contributed by atoms with van der Waals surface area (Å²) in [4.78, 5) is 29.6. The van der Waals surface area contributed by atoms with Gasteiger partial charge in [0.2, 0.25) is 11.8 Å². The predicted octanol–water partition coefficient (Wildman–Crippen LogP) is 1.82. The van der Waals surface area contributed by atoms with E-state index in [2.05, 4.69) is 36.1 Å². The minimum atomic E-state index is -0.290. The van der Waals surface area contributed by atoms with E-state index in [-0.39, 0.29) is 17.4 Å². The number of rotatable bonds is 4. The van der Waals surface area contributed by atoms with Crippen LogP contribution >= 0.6 is 0 Å². The Morgan fingerprint density at radius 1 is 1.23 bits per heavy atom. The molecule has 2 heterocycles. The standard InChI is InChI=1S/C21H29N3O2/c1-15-2-5-17(6-3-15)21(9-10-21)20(26)23-12-8-18-16(14-23)4-7-19(25)24(18)13-11-22/h2-3,5-6,16,18H,4,7-14,22H2,1H3/t16-,18+/m0/s1. The number of benzene rings is 1. The van der Waals surface area contributed by atoms with Crippen molar-refractivity contribution in [2.24, 2.45) is 11.7 Å². The summed E-state index contributed by atoms with van der Waals surface area (Å²) in [5.41, 5.74) is 7.80. The fraction of sp³-hybridized carbons (Fsp3) is 0.619. The molecule has 2 saturated heterocycles. The van der Waals surface area contributed by atoms with E-state index >= 15 is 0 Å². The van der Waals surface area contributed by atoms with Crippen molar-refractivity contribution in [3.05, 3.63) is 35.4 Å². The maximum Gasteiger partial charge on any atom is 0.233 e. The second-order valence-corrected chi connectivity index (χ2v) is 8.23. The zero-order valence-corrected chi connectivity index (χ0v) is 15.6. The molecule has 1 saturated carbocycles. The largest absolute Gasteiger partial charge is 0.341 e. The number of fused-ring (bicyclic) bond motifs is 1. The minimum Gasteiger partial charge on any atom is -0.341 e. The van der Waals surface area contributed by atoms with Gasteiger partial charge in [0.1, 0.15) is 0 Å². The summed E-state index contributed by atoms with van der Waals surface area (Å²) >= 11 is 0. The third-order valence-corrected chi connectivity index (χ3v) is 6.56. The molecule has 5 heteroatoms. The van der Waals surface area contributed by atoms with Crippen molar-refractivity contribution in [1.29, 1.82) is 0 Å². The SMILES string of the molecule is Cc1ccc(C2(C(=O)N3CC[C@@H]4[C@@H](CCC(=O)N4CCN)C3)CC2)cc1. The summed E-state index contributed by atoms with van der Waals surface area (Å²) in [6.45, 7) is 4.76. The van der Waals surface area contributed by atoms with Gasteiger partial charge in [-0.25, -0.2) is 0 Å². The van der Waals surface area contributed by atoms with Crippen LogP contribution in [-0.4, -0.2) is 53.8 Å². The van der Waals surface area contributed by atoms with Crippen LogP contribution in [0.25, 0.3) is 0 Å². The first-order chi connectivity index (χ1) is 12.5. The number of likely N-dealkylation sites (tertiary alicyclic amines) is 2. The van der Waals surface area contributed by atoms with E-state index in [9.17, 15) is 9.59 Å². The monoisotopic (exact) mass is 355 g/mol. The van der Waals surface area contributed by atoms with E-state index in [0.717, 1.165) is 38.8 Å². The molecule has 4 rings (SSSR count). The maximum absolute atomic E-state index is 13.3. The number of carbonyl (C=O) groups is 2. The van der Waals surface area contributed by atoms with E-state index in [1.54, 1.807) is 0 Å². The summed E-state index contributed by atoms with van der Waals surface area (Å²) in [6.07, 6.45) is 4.28. The van der Waals surface area contributed by atoms with Crippen molar-refractivity contribution in [3.63, 3.8) is 0 Å². The molecule has 1 aromatic carbocycles. The fourth-order valence-corrected chi connectivity index (χ4v) is 4.89. The highest BCUT2D eigenvalue weighted by atomic mass is 16.2. The van der Waals surface area contributed by atoms with Crippen molar-refractivity contribution in [1.82, 2.24) is 9.80 Å². The molecule has 26 heavy (non-hydrogen) atoms. The molecule has 2 atom stereocenters. The molecule has 140 valence electrons. The van der Waals surface area contributed by atoms with Crippen LogP contribution in [0.5, 0.6) is 0 Å². The van der Waals surface area contributed by atoms with Crippen LogP contribution in [0.3, 0.4) is 0 Å². The lowest BCUT2D eigenvalue weighted by Crippen LogP contribution is -2.58. The van der Waals surface area contributed by atoms with Gasteiger partial charge in [-0.05, 0) is 44.1 Å². The molecule has 3 fully saturated rings. The average Bonchev–Trinajstić information content (AvgIpc) is 3.45. The molecular formula is C21H29N3O2. The predicted molar refractivity (Wildman–Crippen MR) is 101 cm³/mol. The second-order valence-electron chi connectivity index (χ2n) is 8.23. The Morgan fingerprint density at radius 3 is 2.62 bits per heavy atom. The van der Waals surface area contributed by atoms with Gasteiger partial charge in [0.25, 0.3) is 0 Å². The molecule has 0 radical (unpaired) electrons. The molecule has 1 aromatic rings. The highest BCUT2D eigenvalue weighted by Crippen LogP contribution is 2.50. The number of nitrogens with two attached hydrogens (primary N) is 1. The topological polar surface area (TPSA) is 66.6 Å². The maximum atomic E-state index is 13.3. The third-order valence-electron chi connectivity index (χ3n) is 6.56. The first-order valence-corrected chi connectivity index (χ1v) is 9.91. The number of hydrogen-bond donors (Lipinski definition) is 1. The number of amides is 2. The van der Waals surface area contributed by atoms with Crippen LogP contribution in [0.2, 0.25) is 0 Å². The van der Waals surface area contributed by atoms with Crippen molar-refractivity contribution in [3.8, 4) is 0 Å². The summed E-state index contributed by atoms with van der Waals surface area (Å²) in [5.74, 6) is 0.919. The summed E-state index contributed by atoms with van der Waals surface area (Å²) in [5, 5.41) is 0. The molecule has 0 bridgehead atoms. The first-order valence-electron chi connectivity index (χ1n) is 9.91. The summed E-state index contributed by atoms with van der Waals surface area (Å²) in [6, 6.07) is 8.71. The molecular weight excluding hydrogens is 326 g/mol. The Balaban J connectivity index is 1.48. The summed E-state index contributed by atoms with van der Waals surface area (Å²) in [7, 11) is 0. The molecule has 1 aliphatic carbocycles. The van der Waals surface area contributed by atoms with Crippen LogP contribution in [0.15, 0.2) is 24.3 Å². The normalized spacial score (nSPS) is 27.2. The lowest BCUT2D eigenvalue weighted by molar-refractivity contribution is -0.145. The zero-order valence-electron chi connectivity index (χ0n) is 15.6. The van der Waals surface area contributed by atoms with Gasteiger partial charge in [-0.15, -0.1) is 0 Å². The number of carbonyl (C=O) groups excluding carboxylic acids is 2. The lowest BCUT2D eigenvalue weighted by Gasteiger charge is -2.47. The van der Waals surface area contributed by atoms with Gasteiger partial charge in [-0.3, -0.25) is 9.59 Å². The van der Waals surface area contributed by atoms with E-state index in [0.29, 0.717) is 31.3 Å². The second kappa shape index (κ2) is 6.69. The van der Waals surface area contributed by atoms with Crippen LogP contribution in [-0.2, 0) is 15.0 Å². The Bertz CT molecular complexity index is 696. The first kappa shape index (κ1) is 17.5. The van der Waals surface area contributed by atoms with Gasteiger partial charge in [0.15, 0.2) is 0 Å². The highest BCUT2D eigenvalue weighted by molar-refractivity contribution is 5.91. The highest BCUT2D eigenvalue weighted by Gasteiger charge is 2.54. The molecule has 2 aliphatic heterocycles. The number of piperidine rings is 2. The van der Waals surface area contributed by atoms with Crippen molar-refractivity contribution in [2.75, 3.05) is 26.2 Å². The van der Waals surface area contributed by atoms with Crippen LogP contribution in [0.4, 0.5) is 0 Å². The van der Waals surface area contributed by atoms with Gasteiger partial charge in [0, 0.05) is 38.6 Å². The van der Waals surface area contributed by atoms with Gasteiger partial charge >= 0.3 is 0 Å². The molecule has 3 aliphatic rings. The Labute approximate surface area is 155 Å². The van der Waals surface area contributed by atoms with E-state index in [1.165, 1.54) is 11.1 Å². The smallest absolute Gasteiger partial charge is 0.233 e. The Morgan fingerprint density at radius 2 is 1.96 bits per heavy atom. The van der Waals surface area contributed by atoms with E-state index in [4.69, 9.17) is 5.73 Å². The fourth-order valence-electron chi connectivity index (χ4n) is 4.89. The van der Waals surface area contributed by atoms with Crippen LogP contribution < -0.4 is 5.73 Å². The Kier molecular flexibility index (Phi) is 4.51. The van der Waals surface area contributed by atoms with E-state index in [1.807, 2.05) is 4.90 Å². The average molecular weight is 355 g/mol. The van der Waals surface area contributed by atoms with Gasteiger partial charge in [-0.2, -0.15) is 0 Å². The molecule has 5 nitrogen and oxygen atoms in total. The lowest BCUT2D eigenvalue weighted by atomic mass is 9.82. The van der Waals surface area contributed by atoms with Gasteiger partial charge in [-0.1, -0.05) is 29.8 Å². The van der Waals surface area contributed by atoms with Crippen molar-refractivity contribution < 1.29 is 9.59 Å². The minimum absolute atomic E-state index is 0.231. The number of hydrogen-bond acceptors (Lipinski definition) is 3. The molecule has 0 aromatic heterocycles. The van der Waals surface area contributed by atoms with Gasteiger partial charge in [0.05, 0.1) is 5.41 Å². The van der Waals surface area contributed by atoms with Crippen LogP contribution in [0, 0.1) is 12.8 Å². The molecule has 2 amide bonds. The Hall–Kier alpha value is -1.88. The quantitative estimate of drug-likeness (QED) is 0.896. The third kappa shape index (κ3) is 2.92. The molecule has 0 unspecified atom stereocenters.